The van der Waals surface area contributed by atoms with Crippen molar-refractivity contribution in [3.8, 4) is 11.5 Å². The summed E-state index contributed by atoms with van der Waals surface area (Å²) in [7, 11) is -3.77. The highest BCUT2D eigenvalue weighted by Crippen LogP contribution is 2.33. The third-order valence-electron chi connectivity index (χ3n) is 5.99. The quantitative estimate of drug-likeness (QED) is 0.632. The Labute approximate surface area is 192 Å². The maximum absolute atomic E-state index is 13.4. The van der Waals surface area contributed by atoms with Crippen molar-refractivity contribution < 1.29 is 22.7 Å². The second-order valence-electron chi connectivity index (χ2n) is 8.11. The zero-order chi connectivity index (χ0) is 23.0. The van der Waals surface area contributed by atoms with E-state index in [2.05, 4.69) is 9.88 Å². The molecule has 1 amide bonds. The molecule has 2 aromatic carbocycles. The van der Waals surface area contributed by atoms with Crippen LogP contribution in [0.3, 0.4) is 0 Å². The van der Waals surface area contributed by atoms with Crippen molar-refractivity contribution in [1.29, 1.82) is 0 Å². The number of nitrogens with zero attached hydrogens (tertiary/aromatic N) is 2. The molecule has 172 valence electrons. The van der Waals surface area contributed by atoms with Gasteiger partial charge in [0.1, 0.15) is 0 Å². The Morgan fingerprint density at radius 2 is 1.82 bits per heavy atom. The third-order valence-corrected chi connectivity index (χ3v) is 7.96. The van der Waals surface area contributed by atoms with Crippen LogP contribution in [-0.4, -0.2) is 43.0 Å². The van der Waals surface area contributed by atoms with Gasteiger partial charge in [0, 0.05) is 48.7 Å². The SMILES string of the molecule is CC1c2cccn2CCN1S(=O)(=O)c1cccc(C(=O)Nc2ccc3c(c2)OCCCO3)c1. The van der Waals surface area contributed by atoms with E-state index < -0.39 is 15.9 Å². The Hall–Kier alpha value is -3.30. The van der Waals surface area contributed by atoms with Gasteiger partial charge in [0.2, 0.25) is 10.0 Å². The Morgan fingerprint density at radius 3 is 2.67 bits per heavy atom. The monoisotopic (exact) mass is 467 g/mol. The first-order valence-electron chi connectivity index (χ1n) is 10.9. The first-order valence-corrected chi connectivity index (χ1v) is 12.4. The smallest absolute Gasteiger partial charge is 0.255 e. The fraction of sp³-hybridized carbons (Fsp3) is 0.292. The highest BCUT2D eigenvalue weighted by molar-refractivity contribution is 7.89. The minimum atomic E-state index is -3.77. The lowest BCUT2D eigenvalue weighted by atomic mass is 10.2. The van der Waals surface area contributed by atoms with Crippen LogP contribution < -0.4 is 14.8 Å². The molecule has 2 aliphatic heterocycles. The van der Waals surface area contributed by atoms with Gasteiger partial charge in [-0.2, -0.15) is 4.31 Å². The summed E-state index contributed by atoms with van der Waals surface area (Å²) in [5.74, 6) is 0.813. The van der Waals surface area contributed by atoms with Crippen LogP contribution in [0, 0.1) is 0 Å². The number of ether oxygens (including phenoxy) is 2. The van der Waals surface area contributed by atoms with Crippen LogP contribution in [0.4, 0.5) is 5.69 Å². The topological polar surface area (TPSA) is 89.9 Å². The van der Waals surface area contributed by atoms with Gasteiger partial charge in [-0.1, -0.05) is 6.07 Å². The van der Waals surface area contributed by atoms with Gasteiger partial charge < -0.3 is 19.4 Å². The molecule has 0 saturated carbocycles. The molecule has 0 radical (unpaired) electrons. The van der Waals surface area contributed by atoms with Crippen LogP contribution in [0.5, 0.6) is 11.5 Å². The molecule has 1 unspecified atom stereocenters. The Balaban J connectivity index is 1.37. The van der Waals surface area contributed by atoms with E-state index in [1.165, 1.54) is 16.4 Å². The van der Waals surface area contributed by atoms with Gasteiger partial charge in [0.15, 0.2) is 11.5 Å². The molecule has 1 N–H and O–H groups in total. The largest absolute Gasteiger partial charge is 0.490 e. The van der Waals surface area contributed by atoms with Gasteiger partial charge >= 0.3 is 0 Å². The molecule has 1 aromatic heterocycles. The van der Waals surface area contributed by atoms with E-state index >= 15 is 0 Å². The number of anilines is 1. The average Bonchev–Trinajstić information content (AvgIpc) is 3.18. The van der Waals surface area contributed by atoms with Crippen molar-refractivity contribution in [3.63, 3.8) is 0 Å². The molecule has 33 heavy (non-hydrogen) atoms. The number of carbonyl (C=O) groups excluding carboxylic acids is 1. The van der Waals surface area contributed by atoms with Crippen molar-refractivity contribution in [1.82, 2.24) is 8.87 Å². The number of carbonyl (C=O) groups is 1. The number of fused-ring (bicyclic) bond motifs is 2. The molecule has 0 aliphatic carbocycles. The molecule has 1 atom stereocenters. The van der Waals surface area contributed by atoms with Crippen LogP contribution in [0.25, 0.3) is 0 Å². The van der Waals surface area contributed by atoms with Crippen LogP contribution >= 0.6 is 0 Å². The maximum atomic E-state index is 13.4. The molecule has 3 aromatic rings. The van der Waals surface area contributed by atoms with Gasteiger partial charge in [0.25, 0.3) is 5.91 Å². The number of amides is 1. The first-order chi connectivity index (χ1) is 15.9. The van der Waals surface area contributed by atoms with Gasteiger partial charge in [-0.15, -0.1) is 0 Å². The van der Waals surface area contributed by atoms with Crippen molar-refractivity contribution >= 4 is 21.6 Å². The summed E-state index contributed by atoms with van der Waals surface area (Å²) < 4.78 is 41.7. The van der Waals surface area contributed by atoms with Crippen LogP contribution in [-0.2, 0) is 16.6 Å². The molecule has 3 heterocycles. The van der Waals surface area contributed by atoms with Gasteiger partial charge in [-0.25, -0.2) is 8.42 Å². The summed E-state index contributed by atoms with van der Waals surface area (Å²) >= 11 is 0. The lowest BCUT2D eigenvalue weighted by Crippen LogP contribution is -2.40. The molecule has 5 rings (SSSR count). The molecule has 8 nitrogen and oxygen atoms in total. The van der Waals surface area contributed by atoms with Crippen molar-refractivity contribution in [2.75, 3.05) is 25.1 Å². The number of aromatic nitrogens is 1. The molecular formula is C24H25N3O5S. The lowest BCUT2D eigenvalue weighted by molar-refractivity contribution is 0.102. The highest BCUT2D eigenvalue weighted by atomic mass is 32.2. The third kappa shape index (κ3) is 4.09. The summed E-state index contributed by atoms with van der Waals surface area (Å²) in [5, 5.41) is 2.82. The number of benzene rings is 2. The van der Waals surface area contributed by atoms with Crippen LogP contribution in [0.15, 0.2) is 65.7 Å². The van der Waals surface area contributed by atoms with E-state index in [-0.39, 0.29) is 16.5 Å². The Kier molecular flexibility index (Phi) is 5.59. The molecule has 2 aliphatic rings. The van der Waals surface area contributed by atoms with E-state index in [9.17, 15) is 13.2 Å². The van der Waals surface area contributed by atoms with E-state index in [1.807, 2.05) is 25.3 Å². The fourth-order valence-electron chi connectivity index (χ4n) is 4.26. The minimum absolute atomic E-state index is 0.0978. The Morgan fingerprint density at radius 1 is 1.00 bits per heavy atom. The zero-order valence-corrected chi connectivity index (χ0v) is 19.0. The predicted octanol–water partition coefficient (Wildman–Crippen LogP) is 3.67. The summed E-state index contributed by atoms with van der Waals surface area (Å²) in [4.78, 5) is 13.0. The van der Waals surface area contributed by atoms with Crippen molar-refractivity contribution in [2.24, 2.45) is 0 Å². The van der Waals surface area contributed by atoms with Crippen LogP contribution in [0.2, 0.25) is 0 Å². The molecular weight excluding hydrogens is 442 g/mol. The van der Waals surface area contributed by atoms with Gasteiger partial charge in [-0.05, 0) is 49.4 Å². The van der Waals surface area contributed by atoms with Crippen molar-refractivity contribution in [3.05, 3.63) is 72.1 Å². The number of hydrogen-bond donors (Lipinski definition) is 1. The summed E-state index contributed by atoms with van der Waals surface area (Å²) in [6.07, 6.45) is 2.75. The number of rotatable bonds is 4. The van der Waals surface area contributed by atoms with Gasteiger partial charge in [-0.3, -0.25) is 4.79 Å². The maximum Gasteiger partial charge on any atom is 0.255 e. The predicted molar refractivity (Wildman–Crippen MR) is 123 cm³/mol. The van der Waals surface area contributed by atoms with E-state index in [0.717, 1.165) is 12.1 Å². The number of hydrogen-bond acceptors (Lipinski definition) is 5. The van der Waals surface area contributed by atoms with E-state index in [0.29, 0.717) is 43.5 Å². The number of sulfonamides is 1. The summed E-state index contributed by atoms with van der Waals surface area (Å²) in [6.45, 7) is 3.98. The van der Waals surface area contributed by atoms with Crippen molar-refractivity contribution in [2.45, 2.75) is 30.8 Å². The summed E-state index contributed by atoms with van der Waals surface area (Å²) in [6, 6.07) is 14.9. The standard InChI is InChI=1S/C24H25N3O5S/c1-17-21-7-3-10-26(21)11-12-27(17)33(29,30)20-6-2-5-18(15-20)24(28)25-19-8-9-22-23(16-19)32-14-4-13-31-22/h2-3,5-10,15-17H,4,11-14H2,1H3,(H,25,28). The molecule has 0 saturated heterocycles. The zero-order valence-electron chi connectivity index (χ0n) is 18.2. The van der Waals surface area contributed by atoms with Crippen LogP contribution in [0.1, 0.15) is 35.4 Å². The van der Waals surface area contributed by atoms with Gasteiger partial charge in [0.05, 0.1) is 24.2 Å². The normalized spacial score (nSPS) is 18.3. The fourth-order valence-corrected chi connectivity index (χ4v) is 5.91. The second-order valence-corrected chi connectivity index (χ2v) is 10.0. The summed E-state index contributed by atoms with van der Waals surface area (Å²) in [5.41, 5.74) is 1.76. The Bertz CT molecular complexity index is 1300. The number of nitrogens with one attached hydrogen (secondary N) is 1. The molecule has 0 fully saturated rings. The molecule has 9 heteroatoms. The minimum Gasteiger partial charge on any atom is -0.490 e. The molecule has 0 bridgehead atoms. The van der Waals surface area contributed by atoms with E-state index in [4.69, 9.17) is 9.47 Å². The lowest BCUT2D eigenvalue weighted by Gasteiger charge is -2.33. The first kappa shape index (κ1) is 21.5. The van der Waals surface area contributed by atoms with E-state index in [1.54, 1.807) is 30.3 Å². The average molecular weight is 468 g/mol. The molecule has 0 spiro atoms. The second kappa shape index (κ2) is 8.57. The highest BCUT2D eigenvalue weighted by Gasteiger charge is 2.34.